The maximum Gasteiger partial charge on any atom is 0.234 e. The fourth-order valence-corrected chi connectivity index (χ4v) is 4.29. The zero-order valence-corrected chi connectivity index (χ0v) is 13.8. The van der Waals surface area contributed by atoms with Gasteiger partial charge in [0, 0.05) is 31.2 Å². The van der Waals surface area contributed by atoms with Crippen LogP contribution in [0.2, 0.25) is 0 Å². The summed E-state index contributed by atoms with van der Waals surface area (Å²) in [5, 5.41) is 7.99. The van der Waals surface area contributed by atoms with E-state index in [0.29, 0.717) is 16.9 Å². The first-order chi connectivity index (χ1) is 10.8. The molecule has 1 saturated carbocycles. The molecule has 0 unspecified atom stereocenters. The van der Waals surface area contributed by atoms with Crippen LogP contribution in [0.4, 0.5) is 5.69 Å². The SMILES string of the molecule is O=C(CSC1CCCC1)Nc1cnn(CC2CCOCC2)c1. The Balaban J connectivity index is 1.41. The minimum absolute atomic E-state index is 0.0857. The van der Waals surface area contributed by atoms with Gasteiger partial charge in [-0.1, -0.05) is 12.8 Å². The van der Waals surface area contributed by atoms with Crippen LogP contribution in [0.25, 0.3) is 0 Å². The molecule has 6 heteroatoms. The van der Waals surface area contributed by atoms with Crippen molar-refractivity contribution in [2.75, 3.05) is 24.3 Å². The minimum Gasteiger partial charge on any atom is -0.381 e. The van der Waals surface area contributed by atoms with Crippen LogP contribution in [0.1, 0.15) is 38.5 Å². The van der Waals surface area contributed by atoms with Gasteiger partial charge in [-0.15, -0.1) is 11.8 Å². The van der Waals surface area contributed by atoms with Crippen molar-refractivity contribution in [3.05, 3.63) is 12.4 Å². The van der Waals surface area contributed by atoms with Gasteiger partial charge in [-0.2, -0.15) is 5.10 Å². The van der Waals surface area contributed by atoms with Crippen LogP contribution in [0.5, 0.6) is 0 Å². The van der Waals surface area contributed by atoms with Crippen molar-refractivity contribution in [1.82, 2.24) is 9.78 Å². The standard InChI is InChI=1S/C16H25N3O2S/c20-16(12-22-15-3-1-2-4-15)18-14-9-17-19(11-14)10-13-5-7-21-8-6-13/h9,11,13,15H,1-8,10,12H2,(H,18,20). The number of nitrogens with zero attached hydrogens (tertiary/aromatic N) is 2. The molecule has 0 radical (unpaired) electrons. The Morgan fingerprint density at radius 3 is 2.86 bits per heavy atom. The predicted octanol–water partition coefficient (Wildman–Crippen LogP) is 2.92. The number of aromatic nitrogens is 2. The van der Waals surface area contributed by atoms with Crippen molar-refractivity contribution < 1.29 is 9.53 Å². The molecule has 1 aromatic heterocycles. The first-order valence-electron chi connectivity index (χ1n) is 8.31. The van der Waals surface area contributed by atoms with E-state index < -0.39 is 0 Å². The van der Waals surface area contributed by atoms with Gasteiger partial charge in [0.15, 0.2) is 0 Å². The van der Waals surface area contributed by atoms with Gasteiger partial charge in [-0.05, 0) is 31.6 Å². The summed E-state index contributed by atoms with van der Waals surface area (Å²) in [5.41, 5.74) is 0.809. The van der Waals surface area contributed by atoms with Crippen molar-refractivity contribution in [2.24, 2.45) is 5.92 Å². The maximum atomic E-state index is 12.0. The van der Waals surface area contributed by atoms with Gasteiger partial charge < -0.3 is 10.1 Å². The van der Waals surface area contributed by atoms with E-state index in [4.69, 9.17) is 4.74 Å². The average Bonchev–Trinajstić information content (AvgIpc) is 3.18. The largest absolute Gasteiger partial charge is 0.381 e. The molecule has 0 bridgehead atoms. The Kier molecular flexibility index (Phi) is 5.78. The highest BCUT2D eigenvalue weighted by atomic mass is 32.2. The Labute approximate surface area is 136 Å². The third-order valence-electron chi connectivity index (χ3n) is 4.46. The maximum absolute atomic E-state index is 12.0. The summed E-state index contributed by atoms with van der Waals surface area (Å²) in [4.78, 5) is 12.0. The van der Waals surface area contributed by atoms with Gasteiger partial charge in [-0.25, -0.2) is 0 Å². The number of hydrogen-bond donors (Lipinski definition) is 1. The van der Waals surface area contributed by atoms with Gasteiger partial charge in [0.25, 0.3) is 0 Å². The fourth-order valence-electron chi connectivity index (χ4n) is 3.17. The first kappa shape index (κ1) is 15.9. The van der Waals surface area contributed by atoms with Gasteiger partial charge in [0.05, 0.1) is 17.6 Å². The molecule has 22 heavy (non-hydrogen) atoms. The van der Waals surface area contributed by atoms with E-state index in [1.807, 2.05) is 10.9 Å². The number of carbonyl (C=O) groups is 1. The Morgan fingerprint density at radius 1 is 1.32 bits per heavy atom. The van der Waals surface area contributed by atoms with Crippen LogP contribution in [-0.2, 0) is 16.1 Å². The second-order valence-corrected chi connectivity index (χ2v) is 7.56. The molecule has 2 heterocycles. The Bertz CT molecular complexity index is 479. The van der Waals surface area contributed by atoms with E-state index in [1.165, 1.54) is 25.7 Å². The zero-order chi connectivity index (χ0) is 15.2. The molecular formula is C16H25N3O2S. The van der Waals surface area contributed by atoms with Crippen molar-refractivity contribution in [3.8, 4) is 0 Å². The molecular weight excluding hydrogens is 298 g/mol. The van der Waals surface area contributed by atoms with Crippen molar-refractivity contribution in [1.29, 1.82) is 0 Å². The summed E-state index contributed by atoms with van der Waals surface area (Å²) in [7, 11) is 0. The van der Waals surface area contributed by atoms with Crippen molar-refractivity contribution in [3.63, 3.8) is 0 Å². The lowest BCUT2D eigenvalue weighted by Crippen LogP contribution is -2.20. The van der Waals surface area contributed by atoms with Crippen molar-refractivity contribution >= 4 is 23.4 Å². The lowest BCUT2D eigenvalue weighted by molar-refractivity contribution is -0.113. The molecule has 0 spiro atoms. The predicted molar refractivity (Wildman–Crippen MR) is 89.1 cm³/mol. The van der Waals surface area contributed by atoms with Crippen LogP contribution in [0.15, 0.2) is 12.4 Å². The van der Waals surface area contributed by atoms with Gasteiger partial charge in [0.2, 0.25) is 5.91 Å². The van der Waals surface area contributed by atoms with E-state index in [0.717, 1.165) is 38.3 Å². The molecule has 0 atom stereocenters. The Hall–Kier alpha value is -1.01. The normalized spacial score (nSPS) is 20.4. The lowest BCUT2D eigenvalue weighted by atomic mass is 10.0. The molecule has 5 nitrogen and oxygen atoms in total. The number of rotatable bonds is 6. The second kappa shape index (κ2) is 8.02. The molecule has 1 aromatic rings. The number of hydrogen-bond acceptors (Lipinski definition) is 4. The van der Waals surface area contributed by atoms with Crippen LogP contribution in [-0.4, -0.2) is 39.9 Å². The van der Waals surface area contributed by atoms with E-state index >= 15 is 0 Å². The second-order valence-electron chi connectivity index (χ2n) is 6.27. The molecule has 3 rings (SSSR count). The smallest absolute Gasteiger partial charge is 0.234 e. The Morgan fingerprint density at radius 2 is 2.09 bits per heavy atom. The molecule has 1 aliphatic heterocycles. The average molecular weight is 323 g/mol. The monoisotopic (exact) mass is 323 g/mol. The summed E-state index contributed by atoms with van der Waals surface area (Å²) < 4.78 is 7.32. The number of nitrogens with one attached hydrogen (secondary N) is 1. The molecule has 1 saturated heterocycles. The highest BCUT2D eigenvalue weighted by molar-refractivity contribution is 8.00. The van der Waals surface area contributed by atoms with E-state index in [1.54, 1.807) is 18.0 Å². The number of thioether (sulfide) groups is 1. The van der Waals surface area contributed by atoms with Crippen LogP contribution in [0, 0.1) is 5.92 Å². The van der Waals surface area contributed by atoms with E-state index in [2.05, 4.69) is 10.4 Å². The van der Waals surface area contributed by atoms with Crippen molar-refractivity contribution in [2.45, 2.75) is 50.3 Å². The quantitative estimate of drug-likeness (QED) is 0.874. The summed E-state index contributed by atoms with van der Waals surface area (Å²) in [5.74, 6) is 1.27. The van der Waals surface area contributed by atoms with Gasteiger partial charge in [-0.3, -0.25) is 9.48 Å². The molecule has 1 N–H and O–H groups in total. The summed E-state index contributed by atoms with van der Waals surface area (Å²) in [6.45, 7) is 2.62. The molecule has 1 amide bonds. The number of carbonyl (C=O) groups excluding carboxylic acids is 1. The third-order valence-corrected chi connectivity index (χ3v) is 5.83. The molecule has 2 fully saturated rings. The van der Waals surface area contributed by atoms with Crippen LogP contribution >= 0.6 is 11.8 Å². The molecule has 1 aliphatic carbocycles. The summed E-state index contributed by atoms with van der Waals surface area (Å²) in [6, 6.07) is 0. The van der Waals surface area contributed by atoms with E-state index in [9.17, 15) is 4.79 Å². The van der Waals surface area contributed by atoms with E-state index in [-0.39, 0.29) is 5.91 Å². The highest BCUT2D eigenvalue weighted by Gasteiger charge is 2.17. The molecule has 122 valence electrons. The summed E-state index contributed by atoms with van der Waals surface area (Å²) >= 11 is 1.79. The fraction of sp³-hybridized carbons (Fsp3) is 0.750. The topological polar surface area (TPSA) is 56.2 Å². The first-order valence-corrected chi connectivity index (χ1v) is 9.36. The lowest BCUT2D eigenvalue weighted by Gasteiger charge is -2.21. The highest BCUT2D eigenvalue weighted by Crippen LogP contribution is 2.29. The molecule has 0 aromatic carbocycles. The van der Waals surface area contributed by atoms with Crippen LogP contribution in [0.3, 0.4) is 0 Å². The summed E-state index contributed by atoms with van der Waals surface area (Å²) in [6.07, 6.45) is 11.0. The van der Waals surface area contributed by atoms with Gasteiger partial charge in [0.1, 0.15) is 0 Å². The zero-order valence-electron chi connectivity index (χ0n) is 13.0. The van der Waals surface area contributed by atoms with Crippen LogP contribution < -0.4 is 5.32 Å². The minimum atomic E-state index is 0.0857. The number of ether oxygens (including phenoxy) is 1. The van der Waals surface area contributed by atoms with Gasteiger partial charge >= 0.3 is 0 Å². The molecule has 2 aliphatic rings. The number of anilines is 1. The number of amides is 1. The third kappa shape index (κ3) is 4.74.